The first-order chi connectivity index (χ1) is 10.5. The molecular formula is C15H16N2O3S2. The van der Waals surface area contributed by atoms with Crippen molar-refractivity contribution in [3.8, 4) is 0 Å². The highest BCUT2D eigenvalue weighted by Gasteiger charge is 2.16. The lowest BCUT2D eigenvalue weighted by Gasteiger charge is -2.07. The average Bonchev–Trinajstić information content (AvgIpc) is 2.54. The largest absolute Gasteiger partial charge is 0.268 e. The number of pyridine rings is 1. The molecule has 116 valence electrons. The molecule has 2 rings (SSSR count). The van der Waals surface area contributed by atoms with Crippen molar-refractivity contribution in [2.45, 2.75) is 11.4 Å². The Balaban J connectivity index is 1.96. The fourth-order valence-corrected chi connectivity index (χ4v) is 3.15. The van der Waals surface area contributed by atoms with Crippen LogP contribution in [0.2, 0.25) is 0 Å². The third kappa shape index (κ3) is 4.85. The molecule has 0 atom stereocenters. The van der Waals surface area contributed by atoms with Gasteiger partial charge in [0.1, 0.15) is 0 Å². The first kappa shape index (κ1) is 16.5. The molecule has 22 heavy (non-hydrogen) atoms. The van der Waals surface area contributed by atoms with Gasteiger partial charge in [0.25, 0.3) is 5.91 Å². The van der Waals surface area contributed by atoms with Crippen molar-refractivity contribution in [1.29, 1.82) is 0 Å². The van der Waals surface area contributed by atoms with E-state index >= 15 is 0 Å². The molecule has 0 unspecified atom stereocenters. The summed E-state index contributed by atoms with van der Waals surface area (Å²) in [6, 6.07) is 12.5. The van der Waals surface area contributed by atoms with Crippen molar-refractivity contribution in [1.82, 2.24) is 9.71 Å². The second-order valence-corrected chi connectivity index (χ2v) is 7.24. The van der Waals surface area contributed by atoms with Gasteiger partial charge in [-0.05, 0) is 30.4 Å². The molecule has 1 amide bonds. The van der Waals surface area contributed by atoms with Crippen LogP contribution in [0.15, 0.2) is 53.7 Å². The molecule has 5 nitrogen and oxygen atoms in total. The van der Waals surface area contributed by atoms with Crippen LogP contribution in [0.5, 0.6) is 0 Å². The Morgan fingerprint density at radius 1 is 1.18 bits per heavy atom. The number of benzene rings is 1. The summed E-state index contributed by atoms with van der Waals surface area (Å²) < 4.78 is 26.0. The van der Waals surface area contributed by atoms with E-state index in [1.165, 1.54) is 18.0 Å². The average molecular weight is 336 g/mol. The van der Waals surface area contributed by atoms with Crippen molar-refractivity contribution in [2.75, 3.05) is 12.0 Å². The summed E-state index contributed by atoms with van der Waals surface area (Å²) in [4.78, 5) is 16.0. The minimum absolute atomic E-state index is 0.140. The van der Waals surface area contributed by atoms with Crippen molar-refractivity contribution >= 4 is 27.7 Å². The maximum atomic E-state index is 12.0. The Morgan fingerprint density at radius 3 is 2.50 bits per heavy atom. The number of aromatic nitrogens is 1. The molecule has 0 radical (unpaired) electrons. The van der Waals surface area contributed by atoms with Gasteiger partial charge in [0.2, 0.25) is 10.0 Å². The van der Waals surface area contributed by atoms with Crippen LogP contribution in [0.4, 0.5) is 0 Å². The maximum Gasteiger partial charge on any atom is 0.266 e. The highest BCUT2D eigenvalue weighted by Crippen LogP contribution is 2.11. The first-order valence-corrected chi connectivity index (χ1v) is 9.47. The van der Waals surface area contributed by atoms with E-state index in [0.717, 1.165) is 10.6 Å². The van der Waals surface area contributed by atoms with Gasteiger partial charge in [-0.15, -0.1) is 11.8 Å². The zero-order valence-electron chi connectivity index (χ0n) is 12.0. The second-order valence-electron chi connectivity index (χ2n) is 4.57. The van der Waals surface area contributed by atoms with Crippen molar-refractivity contribution in [3.05, 3.63) is 59.8 Å². The molecule has 1 aromatic heterocycles. The Morgan fingerprint density at radius 2 is 1.91 bits per heavy atom. The molecule has 0 aliphatic heterocycles. The van der Waals surface area contributed by atoms with E-state index in [0.29, 0.717) is 6.42 Å². The van der Waals surface area contributed by atoms with E-state index in [1.54, 1.807) is 12.1 Å². The lowest BCUT2D eigenvalue weighted by atomic mass is 10.2. The summed E-state index contributed by atoms with van der Waals surface area (Å²) in [6.45, 7) is 0. The Bertz CT molecular complexity index is 729. The monoisotopic (exact) mass is 336 g/mol. The number of hydrogen-bond donors (Lipinski definition) is 1. The third-order valence-electron chi connectivity index (χ3n) is 2.96. The van der Waals surface area contributed by atoms with E-state index in [1.807, 2.05) is 36.6 Å². The standard InChI is InChI=1S/C15H16N2O3S2/c1-21-14-8-7-13(11-16-14)15(18)17-22(19,20)10-9-12-5-3-2-4-6-12/h2-8,11H,9-10H2,1H3,(H,17,18). The number of hydrogen-bond acceptors (Lipinski definition) is 5. The zero-order valence-corrected chi connectivity index (χ0v) is 13.7. The molecule has 1 heterocycles. The van der Waals surface area contributed by atoms with Crippen LogP contribution in [-0.4, -0.2) is 31.3 Å². The highest BCUT2D eigenvalue weighted by atomic mass is 32.2. The van der Waals surface area contributed by atoms with Crippen molar-refractivity contribution in [3.63, 3.8) is 0 Å². The summed E-state index contributed by atoms with van der Waals surface area (Å²) in [5.41, 5.74) is 1.13. The molecule has 7 heteroatoms. The topological polar surface area (TPSA) is 76.1 Å². The molecule has 0 aliphatic rings. The van der Waals surface area contributed by atoms with Gasteiger partial charge in [-0.2, -0.15) is 0 Å². The predicted molar refractivity (Wildman–Crippen MR) is 87.4 cm³/mol. The van der Waals surface area contributed by atoms with Gasteiger partial charge in [0.15, 0.2) is 0 Å². The molecule has 1 aromatic carbocycles. The van der Waals surface area contributed by atoms with Crippen molar-refractivity contribution in [2.24, 2.45) is 0 Å². The van der Waals surface area contributed by atoms with Gasteiger partial charge in [-0.1, -0.05) is 30.3 Å². The lowest BCUT2D eigenvalue weighted by Crippen LogP contribution is -2.33. The lowest BCUT2D eigenvalue weighted by molar-refractivity contribution is 0.0981. The van der Waals surface area contributed by atoms with Crippen LogP contribution in [0.3, 0.4) is 0 Å². The molecule has 1 N–H and O–H groups in total. The number of nitrogens with one attached hydrogen (secondary N) is 1. The smallest absolute Gasteiger partial charge is 0.266 e. The summed E-state index contributed by atoms with van der Waals surface area (Å²) in [7, 11) is -3.68. The molecule has 2 aromatic rings. The fraction of sp³-hybridized carbons (Fsp3) is 0.200. The molecule has 0 fully saturated rings. The quantitative estimate of drug-likeness (QED) is 0.818. The Labute approximate surface area is 134 Å². The molecule has 0 bridgehead atoms. The number of aryl methyl sites for hydroxylation is 1. The predicted octanol–water partition coefficient (Wildman–Crippen LogP) is 2.11. The Kier molecular flexibility index (Phi) is 5.57. The number of thioether (sulfide) groups is 1. The number of sulfonamides is 1. The minimum Gasteiger partial charge on any atom is -0.268 e. The Hall–Kier alpha value is -1.86. The summed E-state index contributed by atoms with van der Waals surface area (Å²) in [5.74, 6) is -0.799. The van der Waals surface area contributed by atoms with Crippen LogP contribution in [-0.2, 0) is 16.4 Å². The summed E-state index contributed by atoms with van der Waals surface area (Å²) in [6.07, 6.45) is 3.59. The number of carbonyl (C=O) groups is 1. The maximum absolute atomic E-state index is 12.0. The van der Waals surface area contributed by atoms with Gasteiger partial charge in [0.05, 0.1) is 16.3 Å². The van der Waals surface area contributed by atoms with Gasteiger partial charge in [-0.3, -0.25) is 4.79 Å². The van der Waals surface area contributed by atoms with Gasteiger partial charge >= 0.3 is 0 Å². The van der Waals surface area contributed by atoms with Gasteiger partial charge in [-0.25, -0.2) is 18.1 Å². The molecule has 0 saturated heterocycles. The van der Waals surface area contributed by atoms with E-state index < -0.39 is 15.9 Å². The van der Waals surface area contributed by atoms with Crippen LogP contribution in [0.25, 0.3) is 0 Å². The van der Waals surface area contributed by atoms with Gasteiger partial charge in [0, 0.05) is 6.20 Å². The van der Waals surface area contributed by atoms with Crippen LogP contribution in [0.1, 0.15) is 15.9 Å². The minimum atomic E-state index is -3.68. The third-order valence-corrected chi connectivity index (χ3v) is 4.86. The second kappa shape index (κ2) is 7.42. The number of rotatable bonds is 6. The van der Waals surface area contributed by atoms with Crippen LogP contribution >= 0.6 is 11.8 Å². The molecule has 0 aliphatic carbocycles. The van der Waals surface area contributed by atoms with Crippen LogP contribution in [0, 0.1) is 0 Å². The molecular weight excluding hydrogens is 320 g/mol. The fourth-order valence-electron chi connectivity index (χ4n) is 1.78. The number of nitrogens with zero attached hydrogens (tertiary/aromatic N) is 1. The van der Waals surface area contributed by atoms with E-state index in [2.05, 4.69) is 9.71 Å². The van der Waals surface area contributed by atoms with E-state index in [-0.39, 0.29) is 11.3 Å². The van der Waals surface area contributed by atoms with E-state index in [9.17, 15) is 13.2 Å². The SMILES string of the molecule is CSc1ccc(C(=O)NS(=O)(=O)CCc2ccccc2)cn1. The summed E-state index contributed by atoms with van der Waals surface area (Å²) >= 11 is 1.45. The van der Waals surface area contributed by atoms with E-state index in [4.69, 9.17) is 0 Å². The number of carbonyl (C=O) groups excluding carboxylic acids is 1. The van der Waals surface area contributed by atoms with Gasteiger partial charge < -0.3 is 0 Å². The highest BCUT2D eigenvalue weighted by molar-refractivity contribution is 7.98. The number of amides is 1. The zero-order chi connectivity index (χ0) is 16.0. The van der Waals surface area contributed by atoms with Crippen LogP contribution < -0.4 is 4.72 Å². The molecule has 0 spiro atoms. The van der Waals surface area contributed by atoms with Crippen molar-refractivity contribution < 1.29 is 13.2 Å². The first-order valence-electron chi connectivity index (χ1n) is 6.59. The summed E-state index contributed by atoms with van der Waals surface area (Å²) in [5, 5.41) is 0.767. The normalized spacial score (nSPS) is 11.1. The molecule has 0 saturated carbocycles.